The fraction of sp³-hybridized carbons (Fsp3) is 0.150. The van der Waals surface area contributed by atoms with E-state index in [4.69, 9.17) is 19.9 Å². The average Bonchev–Trinajstić information content (AvgIpc) is 3.52. The lowest BCUT2D eigenvalue weighted by atomic mass is 10.1. The highest BCUT2D eigenvalue weighted by Gasteiger charge is 2.24. The van der Waals surface area contributed by atoms with Crippen LogP contribution in [-0.4, -0.2) is 30.3 Å². The number of carbonyl (C=O) groups is 1. The van der Waals surface area contributed by atoms with Crippen LogP contribution in [0.5, 0.6) is 17.2 Å². The van der Waals surface area contributed by atoms with Crippen LogP contribution in [0, 0.1) is 17.1 Å². The number of anilines is 1. The number of nitrogens with zero attached hydrogens (tertiary/aromatic N) is 2. The van der Waals surface area contributed by atoms with Crippen LogP contribution in [0.2, 0.25) is 0 Å². The molecule has 4 rings (SSSR count). The molecule has 3 aromatic rings. The van der Waals surface area contributed by atoms with Gasteiger partial charge in [0, 0.05) is 23.7 Å². The first-order chi connectivity index (χ1) is 14.0. The first kappa shape index (κ1) is 18.5. The first-order valence-corrected chi connectivity index (χ1v) is 8.64. The normalized spacial score (nSPS) is 14.8. The third-order valence-corrected chi connectivity index (χ3v) is 4.18. The molecule has 1 atom stereocenters. The van der Waals surface area contributed by atoms with Crippen LogP contribution in [-0.2, 0) is 4.74 Å². The van der Waals surface area contributed by atoms with E-state index < -0.39 is 11.8 Å². The molecule has 0 spiro atoms. The number of pyridine rings is 1. The molecule has 1 saturated heterocycles. The van der Waals surface area contributed by atoms with Crippen molar-refractivity contribution in [3.8, 4) is 23.3 Å². The van der Waals surface area contributed by atoms with E-state index in [-0.39, 0.29) is 17.5 Å². The molecule has 29 heavy (non-hydrogen) atoms. The van der Waals surface area contributed by atoms with E-state index in [1.807, 2.05) is 0 Å². The number of nitrogens with two attached hydrogens (primary N) is 1. The summed E-state index contributed by atoms with van der Waals surface area (Å²) in [5, 5.41) is 12.2. The Morgan fingerprint density at radius 3 is 2.86 bits per heavy atom. The maximum atomic E-state index is 14.1. The minimum Gasteiger partial charge on any atom is -0.489 e. The molecule has 8 nitrogen and oxygen atoms in total. The molecule has 0 aliphatic carbocycles. The topological polar surface area (TPSA) is 123 Å². The number of ether oxygens (including phenoxy) is 3. The molecular weight excluding hydrogens is 379 g/mol. The average molecular weight is 394 g/mol. The molecule has 0 bridgehead atoms. The zero-order chi connectivity index (χ0) is 20.4. The number of hydrogen-bond donors (Lipinski definition) is 2. The lowest BCUT2D eigenvalue weighted by Crippen LogP contribution is -2.19. The van der Waals surface area contributed by atoms with Crippen molar-refractivity contribution >= 4 is 22.6 Å². The van der Waals surface area contributed by atoms with E-state index >= 15 is 0 Å². The summed E-state index contributed by atoms with van der Waals surface area (Å²) < 4.78 is 30.7. The van der Waals surface area contributed by atoms with Crippen molar-refractivity contribution in [1.82, 2.24) is 4.98 Å². The molecule has 2 amide bonds. The van der Waals surface area contributed by atoms with Gasteiger partial charge in [-0.3, -0.25) is 4.98 Å². The number of urea groups is 1. The number of amides is 2. The summed E-state index contributed by atoms with van der Waals surface area (Å²) in [6, 6.07) is 10.0. The van der Waals surface area contributed by atoms with Gasteiger partial charge in [0.25, 0.3) is 0 Å². The molecule has 3 N–H and O–H groups in total. The first-order valence-electron chi connectivity index (χ1n) is 8.64. The predicted molar refractivity (Wildman–Crippen MR) is 101 cm³/mol. The molecule has 9 heteroatoms. The highest BCUT2D eigenvalue weighted by molar-refractivity contribution is 5.89. The van der Waals surface area contributed by atoms with E-state index in [0.29, 0.717) is 41.2 Å². The van der Waals surface area contributed by atoms with Crippen LogP contribution in [0.4, 0.5) is 14.9 Å². The summed E-state index contributed by atoms with van der Waals surface area (Å²) in [4.78, 5) is 15.2. The Kier molecular flexibility index (Phi) is 4.85. The molecule has 146 valence electrons. The Balaban J connectivity index is 1.64. The van der Waals surface area contributed by atoms with Gasteiger partial charge >= 0.3 is 6.03 Å². The van der Waals surface area contributed by atoms with Crippen molar-refractivity contribution in [1.29, 1.82) is 5.26 Å². The minimum absolute atomic E-state index is 0.0572. The smallest absolute Gasteiger partial charge is 0.316 e. The predicted octanol–water partition coefficient (Wildman–Crippen LogP) is 3.31. The Bertz CT molecular complexity index is 1140. The second kappa shape index (κ2) is 7.61. The van der Waals surface area contributed by atoms with Crippen molar-refractivity contribution in [3.05, 3.63) is 54.0 Å². The van der Waals surface area contributed by atoms with Gasteiger partial charge in [0.15, 0.2) is 0 Å². The summed E-state index contributed by atoms with van der Waals surface area (Å²) in [6.07, 6.45) is 1.60. The van der Waals surface area contributed by atoms with Gasteiger partial charge in [0.05, 0.1) is 23.4 Å². The molecular formula is C20H15FN4O4. The van der Waals surface area contributed by atoms with Gasteiger partial charge in [-0.05, 0) is 24.3 Å². The summed E-state index contributed by atoms with van der Waals surface area (Å²) >= 11 is 0. The number of primary amides is 1. The fourth-order valence-electron chi connectivity index (χ4n) is 2.71. The molecule has 0 saturated carbocycles. The number of halogens is 1. The van der Waals surface area contributed by atoms with Crippen molar-refractivity contribution in [2.45, 2.75) is 6.10 Å². The number of hydrogen-bond acceptors (Lipinski definition) is 6. The quantitative estimate of drug-likeness (QED) is 0.619. The highest BCUT2D eigenvalue weighted by atomic mass is 19.1. The number of fused-ring (bicyclic) bond motifs is 1. The van der Waals surface area contributed by atoms with Gasteiger partial charge in [-0.1, -0.05) is 0 Å². The van der Waals surface area contributed by atoms with Crippen LogP contribution in [0.15, 0.2) is 42.6 Å². The second-order valence-corrected chi connectivity index (χ2v) is 6.29. The number of carbonyl (C=O) groups excluding carboxylic acids is 1. The van der Waals surface area contributed by atoms with E-state index in [0.717, 1.165) is 6.07 Å². The van der Waals surface area contributed by atoms with Gasteiger partial charge in [-0.2, -0.15) is 5.26 Å². The Morgan fingerprint density at radius 2 is 2.17 bits per heavy atom. The maximum Gasteiger partial charge on any atom is 0.316 e. The molecule has 2 heterocycles. The zero-order valence-corrected chi connectivity index (χ0v) is 15.0. The second-order valence-electron chi connectivity index (χ2n) is 6.29. The Hall–Kier alpha value is -3.90. The summed E-state index contributed by atoms with van der Waals surface area (Å²) in [5.74, 6) is 0.303. The Morgan fingerprint density at radius 1 is 1.34 bits per heavy atom. The number of aromatic nitrogens is 1. The van der Waals surface area contributed by atoms with Gasteiger partial charge in [0.1, 0.15) is 41.8 Å². The maximum absolute atomic E-state index is 14.1. The number of benzene rings is 2. The number of nitrogens with one attached hydrogen (secondary N) is 1. The molecule has 2 aromatic carbocycles. The van der Waals surface area contributed by atoms with Gasteiger partial charge in [0.2, 0.25) is 0 Å². The van der Waals surface area contributed by atoms with Crippen LogP contribution in [0.25, 0.3) is 10.9 Å². The minimum atomic E-state index is -0.868. The zero-order valence-electron chi connectivity index (χ0n) is 15.0. The Labute approximate surface area is 164 Å². The van der Waals surface area contributed by atoms with Crippen LogP contribution in [0.3, 0.4) is 0 Å². The number of epoxide rings is 1. The largest absolute Gasteiger partial charge is 0.489 e. The third kappa shape index (κ3) is 4.17. The summed E-state index contributed by atoms with van der Waals surface area (Å²) in [7, 11) is 0. The molecule has 1 aliphatic heterocycles. The van der Waals surface area contributed by atoms with Crippen molar-refractivity contribution in [2.75, 3.05) is 18.5 Å². The van der Waals surface area contributed by atoms with E-state index in [1.54, 1.807) is 18.2 Å². The summed E-state index contributed by atoms with van der Waals surface area (Å²) in [5.41, 5.74) is 5.82. The molecule has 1 fully saturated rings. The SMILES string of the molecule is N#Cc1cc2c(Oc3ccc(NC(N)=O)c(F)c3)ccnc2cc1OCC1CO1. The molecule has 1 aliphatic rings. The summed E-state index contributed by atoms with van der Waals surface area (Å²) in [6.45, 7) is 1.01. The van der Waals surface area contributed by atoms with Crippen LogP contribution in [0.1, 0.15) is 5.56 Å². The molecule has 0 radical (unpaired) electrons. The van der Waals surface area contributed by atoms with Crippen molar-refractivity contribution in [2.24, 2.45) is 5.73 Å². The fourth-order valence-corrected chi connectivity index (χ4v) is 2.71. The van der Waals surface area contributed by atoms with Gasteiger partial charge < -0.3 is 25.3 Å². The van der Waals surface area contributed by atoms with E-state index in [9.17, 15) is 14.4 Å². The standard InChI is InChI=1S/C20H15FN4O4/c21-15-6-12(1-2-16(15)25-20(23)26)29-18-3-4-24-17-7-19(28-10-13-9-27-13)11(8-22)5-14(17)18/h1-7,13H,9-10H2,(H3,23,25,26). The molecule has 1 aromatic heterocycles. The van der Waals surface area contributed by atoms with E-state index in [2.05, 4.69) is 16.4 Å². The van der Waals surface area contributed by atoms with Crippen LogP contribution < -0.4 is 20.5 Å². The number of rotatable bonds is 6. The van der Waals surface area contributed by atoms with Crippen LogP contribution >= 0.6 is 0 Å². The molecule has 1 unspecified atom stereocenters. The highest BCUT2D eigenvalue weighted by Crippen LogP contribution is 2.34. The van der Waals surface area contributed by atoms with Crippen molar-refractivity contribution in [3.63, 3.8) is 0 Å². The van der Waals surface area contributed by atoms with Gasteiger partial charge in [-0.15, -0.1) is 0 Å². The lowest BCUT2D eigenvalue weighted by molar-refractivity contribution is 0.259. The third-order valence-electron chi connectivity index (χ3n) is 4.18. The number of nitriles is 1. The van der Waals surface area contributed by atoms with Gasteiger partial charge in [-0.25, -0.2) is 9.18 Å². The monoisotopic (exact) mass is 394 g/mol. The van der Waals surface area contributed by atoms with Crippen molar-refractivity contribution < 1.29 is 23.4 Å². The van der Waals surface area contributed by atoms with E-state index in [1.165, 1.54) is 18.3 Å². The lowest BCUT2D eigenvalue weighted by Gasteiger charge is -2.12.